The molecule has 3 rings (SSSR count). The Bertz CT molecular complexity index is 741. The van der Waals surface area contributed by atoms with Gasteiger partial charge >= 0.3 is 0 Å². The van der Waals surface area contributed by atoms with Crippen molar-refractivity contribution >= 4 is 44.4 Å². The average Bonchev–Trinajstić information content (AvgIpc) is 2.81. The lowest BCUT2D eigenvalue weighted by atomic mass is 10.2. The number of nitrogens with zero attached hydrogens (tertiary/aromatic N) is 3. The highest BCUT2D eigenvalue weighted by molar-refractivity contribution is 7.99. The Kier molecular flexibility index (Phi) is 3.45. The molecule has 3 aromatic rings. The van der Waals surface area contributed by atoms with E-state index in [-0.39, 0.29) is 5.25 Å². The van der Waals surface area contributed by atoms with E-state index in [4.69, 9.17) is 11.5 Å². The molecule has 0 aliphatic carbocycles. The van der Waals surface area contributed by atoms with E-state index in [1.165, 1.54) is 16.9 Å². The molecule has 5 nitrogen and oxygen atoms in total. The second-order valence-corrected chi connectivity index (χ2v) is 6.61. The Morgan fingerprint density at radius 2 is 1.85 bits per heavy atom. The van der Waals surface area contributed by atoms with E-state index in [0.717, 1.165) is 4.70 Å². The average molecular weight is 303 g/mol. The molecule has 1 atom stereocenters. The van der Waals surface area contributed by atoms with Crippen molar-refractivity contribution < 1.29 is 0 Å². The minimum absolute atomic E-state index is 0.240. The van der Waals surface area contributed by atoms with Gasteiger partial charge in [-0.05, 0) is 12.5 Å². The third-order valence-corrected chi connectivity index (χ3v) is 4.74. The first-order valence-electron chi connectivity index (χ1n) is 6.04. The van der Waals surface area contributed by atoms with Crippen molar-refractivity contribution in [2.45, 2.75) is 17.3 Å². The molecule has 2 heterocycles. The van der Waals surface area contributed by atoms with Gasteiger partial charge in [0.1, 0.15) is 10.5 Å². The smallest absolute Gasteiger partial charge is 0.192 e. The van der Waals surface area contributed by atoms with Gasteiger partial charge in [-0.25, -0.2) is 15.0 Å². The van der Waals surface area contributed by atoms with Gasteiger partial charge in [-0.3, -0.25) is 0 Å². The predicted octanol–water partition coefficient (Wildman–Crippen LogP) is 3.10. The van der Waals surface area contributed by atoms with Crippen LogP contribution < -0.4 is 11.5 Å². The van der Waals surface area contributed by atoms with Crippen molar-refractivity contribution in [3.63, 3.8) is 0 Å². The number of nitrogens with two attached hydrogens (primary N) is 2. The van der Waals surface area contributed by atoms with Crippen LogP contribution in [0.15, 0.2) is 35.5 Å². The van der Waals surface area contributed by atoms with E-state index in [0.29, 0.717) is 21.8 Å². The number of thioether (sulfide) groups is 1. The Morgan fingerprint density at radius 1 is 1.10 bits per heavy atom. The van der Waals surface area contributed by atoms with Crippen LogP contribution in [0.25, 0.3) is 10.3 Å². The van der Waals surface area contributed by atoms with Crippen molar-refractivity contribution in [2.24, 2.45) is 0 Å². The third kappa shape index (κ3) is 2.54. The first-order valence-corrected chi connectivity index (χ1v) is 7.74. The topological polar surface area (TPSA) is 90.7 Å². The molecule has 0 bridgehead atoms. The number of nitrogen functional groups attached to an aromatic ring is 2. The highest BCUT2D eigenvalue weighted by Crippen LogP contribution is 2.35. The van der Waals surface area contributed by atoms with E-state index < -0.39 is 0 Å². The van der Waals surface area contributed by atoms with Gasteiger partial charge in [0.25, 0.3) is 0 Å². The van der Waals surface area contributed by atoms with Crippen molar-refractivity contribution in [1.29, 1.82) is 0 Å². The molecule has 2 aromatic heterocycles. The van der Waals surface area contributed by atoms with E-state index in [9.17, 15) is 0 Å². The number of benzene rings is 1. The minimum atomic E-state index is 0.240. The minimum Gasteiger partial charge on any atom is -0.382 e. The Hall–Kier alpha value is -1.86. The second kappa shape index (κ2) is 5.26. The van der Waals surface area contributed by atoms with Crippen LogP contribution in [0, 0.1) is 0 Å². The molecule has 0 aliphatic heterocycles. The lowest BCUT2D eigenvalue weighted by molar-refractivity contribution is 0.982. The summed E-state index contributed by atoms with van der Waals surface area (Å²) in [4.78, 5) is 12.9. The summed E-state index contributed by atoms with van der Waals surface area (Å²) in [6.07, 6.45) is 0. The summed E-state index contributed by atoms with van der Waals surface area (Å²) in [7, 11) is 0. The summed E-state index contributed by atoms with van der Waals surface area (Å²) >= 11 is 2.87. The molecule has 0 amide bonds. The number of thiazole rings is 1. The van der Waals surface area contributed by atoms with Crippen molar-refractivity contribution in [1.82, 2.24) is 15.0 Å². The molecular weight excluding hydrogens is 290 g/mol. The molecule has 0 radical (unpaired) electrons. The number of rotatable bonds is 3. The first kappa shape index (κ1) is 13.1. The molecule has 0 saturated carbocycles. The summed E-state index contributed by atoms with van der Waals surface area (Å²) in [5.41, 5.74) is 13.4. The number of hydrogen-bond donors (Lipinski definition) is 2. The second-order valence-electron chi connectivity index (χ2n) is 4.27. The lowest BCUT2D eigenvalue weighted by Crippen LogP contribution is -1.97. The van der Waals surface area contributed by atoms with Gasteiger partial charge in [0.2, 0.25) is 0 Å². The molecule has 4 N–H and O–H groups in total. The van der Waals surface area contributed by atoms with E-state index in [1.54, 1.807) is 11.8 Å². The van der Waals surface area contributed by atoms with Gasteiger partial charge in [0, 0.05) is 5.25 Å². The van der Waals surface area contributed by atoms with Gasteiger partial charge in [-0.2, -0.15) is 0 Å². The molecule has 1 aromatic carbocycles. The zero-order valence-electron chi connectivity index (χ0n) is 10.8. The summed E-state index contributed by atoms with van der Waals surface area (Å²) in [6.45, 7) is 2.11. The van der Waals surface area contributed by atoms with E-state index in [2.05, 4.69) is 34.0 Å². The van der Waals surface area contributed by atoms with Gasteiger partial charge in [0.15, 0.2) is 15.9 Å². The fourth-order valence-corrected chi connectivity index (χ4v) is 3.42. The van der Waals surface area contributed by atoms with Crippen LogP contribution >= 0.6 is 23.1 Å². The molecule has 0 aliphatic rings. The monoisotopic (exact) mass is 303 g/mol. The van der Waals surface area contributed by atoms with Crippen LogP contribution in [-0.2, 0) is 0 Å². The Labute approximate surface area is 124 Å². The standard InChI is InChI=1S/C13H13N5S2/c1-7(8-5-3-2-4-6-8)19-13-16-10(14)9-11(18-13)17-12(15)20-9/h2-7H,1H3,(H4,14,15,16,17,18). The van der Waals surface area contributed by atoms with Gasteiger partial charge in [-0.15, -0.1) is 0 Å². The third-order valence-electron chi connectivity index (χ3n) is 2.83. The predicted molar refractivity (Wildman–Crippen MR) is 84.7 cm³/mol. The normalized spacial score (nSPS) is 12.7. The summed E-state index contributed by atoms with van der Waals surface area (Å²) in [5.74, 6) is 0.437. The van der Waals surface area contributed by atoms with Crippen LogP contribution in [0.2, 0.25) is 0 Å². The zero-order valence-corrected chi connectivity index (χ0v) is 12.4. The lowest BCUT2D eigenvalue weighted by Gasteiger charge is -2.10. The van der Waals surface area contributed by atoms with Crippen LogP contribution in [0.4, 0.5) is 10.9 Å². The van der Waals surface area contributed by atoms with Crippen molar-refractivity contribution in [2.75, 3.05) is 11.5 Å². The summed E-state index contributed by atoms with van der Waals surface area (Å²) in [5, 5.41) is 1.32. The SMILES string of the molecule is CC(Sc1nc(N)c2sc(N)nc2n1)c1ccccc1. The highest BCUT2D eigenvalue weighted by atomic mass is 32.2. The highest BCUT2D eigenvalue weighted by Gasteiger charge is 2.14. The first-order chi connectivity index (χ1) is 9.63. The largest absolute Gasteiger partial charge is 0.382 e. The molecule has 0 saturated heterocycles. The maximum atomic E-state index is 5.94. The zero-order chi connectivity index (χ0) is 14.1. The maximum absolute atomic E-state index is 5.94. The molecular formula is C13H13N5S2. The Morgan fingerprint density at radius 3 is 2.60 bits per heavy atom. The van der Waals surface area contributed by atoms with Gasteiger partial charge < -0.3 is 11.5 Å². The van der Waals surface area contributed by atoms with Crippen molar-refractivity contribution in [3.8, 4) is 0 Å². The number of aromatic nitrogens is 3. The number of hydrogen-bond acceptors (Lipinski definition) is 7. The number of anilines is 2. The molecule has 20 heavy (non-hydrogen) atoms. The molecule has 0 fully saturated rings. The van der Waals surface area contributed by atoms with Gasteiger partial charge in [0.05, 0.1) is 0 Å². The fourth-order valence-electron chi connectivity index (χ4n) is 1.84. The van der Waals surface area contributed by atoms with Crippen LogP contribution in [0.5, 0.6) is 0 Å². The summed E-state index contributed by atoms with van der Waals surface area (Å²) in [6, 6.07) is 10.2. The van der Waals surface area contributed by atoms with Crippen LogP contribution in [0.1, 0.15) is 17.7 Å². The van der Waals surface area contributed by atoms with E-state index >= 15 is 0 Å². The van der Waals surface area contributed by atoms with E-state index in [1.807, 2.05) is 18.2 Å². The molecule has 102 valence electrons. The quantitative estimate of drug-likeness (QED) is 0.570. The molecule has 1 unspecified atom stereocenters. The van der Waals surface area contributed by atoms with Crippen LogP contribution in [-0.4, -0.2) is 15.0 Å². The fraction of sp³-hybridized carbons (Fsp3) is 0.154. The number of fused-ring (bicyclic) bond motifs is 1. The van der Waals surface area contributed by atoms with Gasteiger partial charge in [-0.1, -0.05) is 53.4 Å². The maximum Gasteiger partial charge on any atom is 0.192 e. The Balaban J connectivity index is 1.91. The van der Waals surface area contributed by atoms with Crippen molar-refractivity contribution in [3.05, 3.63) is 35.9 Å². The molecule has 0 spiro atoms. The summed E-state index contributed by atoms with van der Waals surface area (Å²) < 4.78 is 0.749. The molecule has 7 heteroatoms. The van der Waals surface area contributed by atoms with Crippen LogP contribution in [0.3, 0.4) is 0 Å².